The Morgan fingerprint density at radius 2 is 1.91 bits per heavy atom. The zero-order valence-corrected chi connectivity index (χ0v) is 12.0. The molecule has 1 heterocycles. The molecule has 2 aromatic carbocycles. The van der Waals surface area contributed by atoms with Gasteiger partial charge in [0.2, 0.25) is 0 Å². The largest absolute Gasteiger partial charge is 0.313 e. The highest BCUT2D eigenvalue weighted by Gasteiger charge is 2.26. The van der Waals surface area contributed by atoms with Crippen molar-refractivity contribution in [1.29, 1.82) is 5.26 Å². The third-order valence-corrected chi connectivity index (χ3v) is 4.30. The second kappa shape index (κ2) is 4.85. The Kier molecular flexibility index (Phi) is 2.83. The maximum absolute atomic E-state index is 12.4. The van der Waals surface area contributed by atoms with Crippen LogP contribution in [0.1, 0.15) is 34.5 Å². The second-order valence-corrected chi connectivity index (χ2v) is 5.61. The fraction of sp³-hybridized carbons (Fsp3) is 0.158. The van der Waals surface area contributed by atoms with Gasteiger partial charge in [-0.3, -0.25) is 4.79 Å². The van der Waals surface area contributed by atoms with Gasteiger partial charge in [-0.1, -0.05) is 24.3 Å². The van der Waals surface area contributed by atoms with Gasteiger partial charge in [0.05, 0.1) is 17.1 Å². The smallest absolute Gasteiger partial charge is 0.165 e. The van der Waals surface area contributed by atoms with Gasteiger partial charge in [-0.25, -0.2) is 0 Å². The van der Waals surface area contributed by atoms with Crippen molar-refractivity contribution >= 4 is 16.7 Å². The van der Waals surface area contributed by atoms with Crippen molar-refractivity contribution in [3.63, 3.8) is 0 Å². The number of nitriles is 1. The zero-order chi connectivity index (χ0) is 15.1. The van der Waals surface area contributed by atoms with Crippen LogP contribution >= 0.6 is 0 Å². The maximum atomic E-state index is 12.4. The normalized spacial score (nSPS) is 13.9. The van der Waals surface area contributed by atoms with Crippen LogP contribution in [0.15, 0.2) is 48.5 Å². The van der Waals surface area contributed by atoms with Crippen LogP contribution in [0.5, 0.6) is 0 Å². The lowest BCUT2D eigenvalue weighted by atomic mass is 9.94. The van der Waals surface area contributed by atoms with Crippen LogP contribution in [0.2, 0.25) is 0 Å². The third kappa shape index (κ3) is 1.78. The molecule has 0 saturated carbocycles. The number of aromatic nitrogens is 1. The van der Waals surface area contributed by atoms with Crippen LogP contribution in [0.3, 0.4) is 0 Å². The molecule has 22 heavy (non-hydrogen) atoms. The average Bonchev–Trinajstić information content (AvgIpc) is 2.90. The molecular formula is C19H14N2O. The molecule has 1 aliphatic carbocycles. The SMILES string of the molecule is N#Cc1cccc(-n2c3c(c4ccccc42)C(=O)CCC3)c1. The van der Waals surface area contributed by atoms with Crippen molar-refractivity contribution in [3.8, 4) is 11.8 Å². The molecule has 0 amide bonds. The lowest BCUT2D eigenvalue weighted by Gasteiger charge is -2.15. The van der Waals surface area contributed by atoms with Crippen LogP contribution in [-0.4, -0.2) is 10.4 Å². The summed E-state index contributed by atoms with van der Waals surface area (Å²) in [6.07, 6.45) is 2.41. The summed E-state index contributed by atoms with van der Waals surface area (Å²) in [5.41, 5.74) is 4.56. The van der Waals surface area contributed by atoms with Gasteiger partial charge in [-0.2, -0.15) is 5.26 Å². The Labute approximate surface area is 128 Å². The molecule has 3 aromatic rings. The Morgan fingerprint density at radius 1 is 1.05 bits per heavy atom. The van der Waals surface area contributed by atoms with Gasteiger partial charge in [0.25, 0.3) is 0 Å². The number of para-hydroxylation sites is 1. The molecule has 0 atom stereocenters. The Hall–Kier alpha value is -2.86. The summed E-state index contributed by atoms with van der Waals surface area (Å²) >= 11 is 0. The van der Waals surface area contributed by atoms with Crippen molar-refractivity contribution in [2.24, 2.45) is 0 Å². The zero-order valence-electron chi connectivity index (χ0n) is 12.0. The quantitative estimate of drug-likeness (QED) is 0.678. The summed E-state index contributed by atoms with van der Waals surface area (Å²) in [5.74, 6) is 0.229. The van der Waals surface area contributed by atoms with E-state index in [9.17, 15) is 4.79 Å². The van der Waals surface area contributed by atoms with E-state index in [1.165, 1.54) is 0 Å². The third-order valence-electron chi connectivity index (χ3n) is 4.30. The number of hydrogen-bond donors (Lipinski definition) is 0. The predicted octanol–water partition coefficient (Wildman–Crippen LogP) is 4.02. The molecule has 0 fully saturated rings. The molecule has 0 radical (unpaired) electrons. The van der Waals surface area contributed by atoms with Gasteiger partial charge < -0.3 is 4.57 Å². The predicted molar refractivity (Wildman–Crippen MR) is 85.3 cm³/mol. The van der Waals surface area contributed by atoms with Crippen molar-refractivity contribution in [2.45, 2.75) is 19.3 Å². The standard InChI is InChI=1S/C19H14N2O/c20-12-13-5-3-6-14(11-13)21-16-8-2-1-7-15(16)19-17(21)9-4-10-18(19)22/h1-3,5-8,11H,4,9-10H2. The monoisotopic (exact) mass is 286 g/mol. The Balaban J connectivity index is 2.10. The first-order valence-corrected chi connectivity index (χ1v) is 7.45. The van der Waals surface area contributed by atoms with E-state index in [1.54, 1.807) is 6.07 Å². The highest BCUT2D eigenvalue weighted by atomic mass is 16.1. The second-order valence-electron chi connectivity index (χ2n) is 5.61. The number of rotatable bonds is 1. The fourth-order valence-electron chi connectivity index (χ4n) is 3.39. The minimum Gasteiger partial charge on any atom is -0.313 e. The summed E-state index contributed by atoms with van der Waals surface area (Å²) in [7, 11) is 0. The lowest BCUT2D eigenvalue weighted by Crippen LogP contribution is -2.12. The van der Waals surface area contributed by atoms with Crippen LogP contribution < -0.4 is 0 Å². The Bertz CT molecular complexity index is 944. The summed E-state index contributed by atoms with van der Waals surface area (Å²) < 4.78 is 2.14. The van der Waals surface area contributed by atoms with Crippen LogP contribution in [0.25, 0.3) is 16.6 Å². The van der Waals surface area contributed by atoms with Crippen molar-refractivity contribution in [2.75, 3.05) is 0 Å². The van der Waals surface area contributed by atoms with Crippen molar-refractivity contribution < 1.29 is 4.79 Å². The minimum absolute atomic E-state index is 0.229. The molecular weight excluding hydrogens is 272 g/mol. The van der Waals surface area contributed by atoms with Crippen LogP contribution in [0.4, 0.5) is 0 Å². The number of Topliss-reactive ketones (excluding diaryl/α,β-unsaturated/α-hetero) is 1. The van der Waals surface area contributed by atoms with Crippen LogP contribution in [0, 0.1) is 11.3 Å². The first-order valence-electron chi connectivity index (χ1n) is 7.45. The first-order chi connectivity index (χ1) is 10.8. The van der Waals surface area contributed by atoms with E-state index in [0.29, 0.717) is 12.0 Å². The number of carbonyl (C=O) groups excluding carboxylic acids is 1. The van der Waals surface area contributed by atoms with E-state index >= 15 is 0 Å². The molecule has 0 bridgehead atoms. The molecule has 1 aromatic heterocycles. The molecule has 106 valence electrons. The van der Waals surface area contributed by atoms with E-state index in [2.05, 4.69) is 10.6 Å². The van der Waals surface area contributed by atoms with E-state index in [1.807, 2.05) is 42.5 Å². The lowest BCUT2D eigenvalue weighted by molar-refractivity contribution is 0.0973. The van der Waals surface area contributed by atoms with Crippen molar-refractivity contribution in [3.05, 3.63) is 65.4 Å². The summed E-state index contributed by atoms with van der Waals surface area (Å²) in [5, 5.41) is 10.2. The molecule has 4 rings (SSSR count). The van der Waals surface area contributed by atoms with E-state index < -0.39 is 0 Å². The summed E-state index contributed by atoms with van der Waals surface area (Å²) in [6.45, 7) is 0. The number of carbonyl (C=O) groups is 1. The maximum Gasteiger partial charge on any atom is 0.165 e. The molecule has 0 unspecified atom stereocenters. The fourth-order valence-corrected chi connectivity index (χ4v) is 3.39. The van der Waals surface area contributed by atoms with Crippen LogP contribution in [-0.2, 0) is 6.42 Å². The molecule has 0 saturated heterocycles. The average molecular weight is 286 g/mol. The number of nitrogens with zero attached hydrogens (tertiary/aromatic N) is 2. The highest BCUT2D eigenvalue weighted by molar-refractivity contribution is 6.10. The van der Waals surface area contributed by atoms with E-state index in [0.717, 1.165) is 40.7 Å². The van der Waals surface area contributed by atoms with Crippen molar-refractivity contribution in [1.82, 2.24) is 4.57 Å². The van der Waals surface area contributed by atoms with Gasteiger partial charge in [0, 0.05) is 28.8 Å². The summed E-state index contributed by atoms with van der Waals surface area (Å²) in [4.78, 5) is 12.4. The number of hydrogen-bond acceptors (Lipinski definition) is 2. The summed E-state index contributed by atoms with van der Waals surface area (Å²) in [6, 6.07) is 17.8. The van der Waals surface area contributed by atoms with Gasteiger partial charge in [-0.15, -0.1) is 0 Å². The molecule has 0 spiro atoms. The van der Waals surface area contributed by atoms with Gasteiger partial charge >= 0.3 is 0 Å². The van der Waals surface area contributed by atoms with Gasteiger partial charge in [-0.05, 0) is 37.1 Å². The first kappa shape index (κ1) is 12.8. The topological polar surface area (TPSA) is 45.8 Å². The molecule has 3 heteroatoms. The Morgan fingerprint density at radius 3 is 2.77 bits per heavy atom. The number of ketones is 1. The van der Waals surface area contributed by atoms with Gasteiger partial charge in [0.1, 0.15) is 0 Å². The number of fused-ring (bicyclic) bond motifs is 3. The molecule has 3 nitrogen and oxygen atoms in total. The minimum atomic E-state index is 0.229. The number of benzene rings is 2. The molecule has 0 N–H and O–H groups in total. The van der Waals surface area contributed by atoms with Gasteiger partial charge in [0.15, 0.2) is 5.78 Å². The highest BCUT2D eigenvalue weighted by Crippen LogP contribution is 2.34. The van der Waals surface area contributed by atoms with E-state index in [-0.39, 0.29) is 5.78 Å². The molecule has 0 aliphatic heterocycles. The van der Waals surface area contributed by atoms with E-state index in [4.69, 9.17) is 5.26 Å². The molecule has 1 aliphatic rings.